The minimum atomic E-state index is -0.248. The summed E-state index contributed by atoms with van der Waals surface area (Å²) in [6.07, 6.45) is 4.78. The topological polar surface area (TPSA) is 75.2 Å². The van der Waals surface area contributed by atoms with Gasteiger partial charge < -0.3 is 5.32 Å². The van der Waals surface area contributed by atoms with Crippen LogP contribution in [0.25, 0.3) is 17.3 Å². The lowest BCUT2D eigenvalue weighted by atomic mass is 10.0. The lowest BCUT2D eigenvalue weighted by molar-refractivity contribution is 0.466. The first-order chi connectivity index (χ1) is 15.0. The van der Waals surface area contributed by atoms with Gasteiger partial charge in [-0.25, -0.2) is 9.38 Å². The summed E-state index contributed by atoms with van der Waals surface area (Å²) in [6.45, 7) is 0.532. The SMILES string of the molecule is Cn1c(=O)/c(=C/NCc2ccc(-c3ccc(F)cc3)cc2)c(=N)n2c1=NC1CCCC12. The van der Waals surface area contributed by atoms with Crippen molar-refractivity contribution in [2.24, 2.45) is 12.0 Å². The fourth-order valence-corrected chi connectivity index (χ4v) is 4.61. The van der Waals surface area contributed by atoms with E-state index >= 15 is 0 Å². The van der Waals surface area contributed by atoms with Crippen molar-refractivity contribution in [3.8, 4) is 11.1 Å². The van der Waals surface area contributed by atoms with E-state index in [4.69, 9.17) is 10.4 Å². The van der Waals surface area contributed by atoms with E-state index in [1.807, 2.05) is 28.8 Å². The van der Waals surface area contributed by atoms with Gasteiger partial charge >= 0.3 is 0 Å². The molecular formula is C24H24FN5O. The van der Waals surface area contributed by atoms with E-state index in [2.05, 4.69) is 5.32 Å². The Bertz CT molecular complexity index is 1370. The zero-order chi connectivity index (χ0) is 21.5. The average Bonchev–Trinajstić information content (AvgIpc) is 3.37. The molecule has 2 aliphatic rings. The Labute approximate surface area is 178 Å². The molecule has 2 heterocycles. The second-order valence-electron chi connectivity index (χ2n) is 8.22. The quantitative estimate of drug-likeness (QED) is 0.679. The van der Waals surface area contributed by atoms with Gasteiger partial charge in [-0.2, -0.15) is 0 Å². The normalized spacial score (nSPS) is 19.7. The molecule has 0 spiro atoms. The Hall–Kier alpha value is -3.48. The third-order valence-corrected chi connectivity index (χ3v) is 6.29. The van der Waals surface area contributed by atoms with E-state index in [0.29, 0.717) is 17.4 Å². The van der Waals surface area contributed by atoms with E-state index in [1.54, 1.807) is 29.9 Å². The summed E-state index contributed by atoms with van der Waals surface area (Å²) in [5, 5.41) is 12.2. The zero-order valence-electron chi connectivity index (χ0n) is 17.3. The maximum atomic E-state index is 13.1. The fraction of sp³-hybridized carbons (Fsp3) is 0.292. The second-order valence-corrected chi connectivity index (χ2v) is 8.22. The summed E-state index contributed by atoms with van der Waals surface area (Å²) >= 11 is 0. The number of hydrogen-bond donors (Lipinski definition) is 2. The van der Waals surface area contributed by atoms with Crippen LogP contribution in [-0.2, 0) is 13.6 Å². The van der Waals surface area contributed by atoms with Crippen LogP contribution in [0, 0.1) is 11.2 Å². The van der Waals surface area contributed by atoms with Crippen LogP contribution in [0.3, 0.4) is 0 Å². The highest BCUT2D eigenvalue weighted by Gasteiger charge is 2.34. The third kappa shape index (κ3) is 3.40. The summed E-state index contributed by atoms with van der Waals surface area (Å²) in [5.41, 5.74) is 3.65. The lowest BCUT2D eigenvalue weighted by Crippen LogP contribution is -2.57. The molecule has 2 N–H and O–H groups in total. The van der Waals surface area contributed by atoms with Crippen molar-refractivity contribution in [2.45, 2.75) is 37.9 Å². The van der Waals surface area contributed by atoms with Crippen LogP contribution in [0.5, 0.6) is 0 Å². The largest absolute Gasteiger partial charge is 0.386 e. The van der Waals surface area contributed by atoms with Gasteiger partial charge in [-0.1, -0.05) is 36.4 Å². The molecule has 158 valence electrons. The Balaban J connectivity index is 1.38. The second kappa shape index (κ2) is 7.65. The van der Waals surface area contributed by atoms with Crippen molar-refractivity contribution in [3.63, 3.8) is 0 Å². The first kappa shape index (κ1) is 19.5. The van der Waals surface area contributed by atoms with E-state index in [1.165, 1.54) is 12.1 Å². The molecule has 7 heteroatoms. The molecule has 2 aromatic carbocycles. The molecule has 0 saturated heterocycles. The number of nitrogens with one attached hydrogen (secondary N) is 2. The molecule has 1 aromatic heterocycles. The fourth-order valence-electron chi connectivity index (χ4n) is 4.61. The van der Waals surface area contributed by atoms with Crippen LogP contribution in [0.15, 0.2) is 58.3 Å². The van der Waals surface area contributed by atoms with Crippen LogP contribution in [0.4, 0.5) is 4.39 Å². The summed E-state index contributed by atoms with van der Waals surface area (Å²) < 4.78 is 16.6. The van der Waals surface area contributed by atoms with Crippen molar-refractivity contribution in [1.29, 1.82) is 5.41 Å². The molecular weight excluding hydrogens is 393 g/mol. The molecule has 6 nitrogen and oxygen atoms in total. The van der Waals surface area contributed by atoms with Gasteiger partial charge in [0, 0.05) is 19.8 Å². The summed E-state index contributed by atoms with van der Waals surface area (Å²) in [5.74, 6) is -0.248. The Morgan fingerprint density at radius 3 is 2.52 bits per heavy atom. The van der Waals surface area contributed by atoms with Crippen LogP contribution >= 0.6 is 0 Å². The van der Waals surface area contributed by atoms with Crippen molar-refractivity contribution >= 4 is 6.20 Å². The average molecular weight is 417 g/mol. The van der Waals surface area contributed by atoms with Gasteiger partial charge in [0.15, 0.2) is 0 Å². The van der Waals surface area contributed by atoms with E-state index in [0.717, 1.165) is 36.0 Å². The van der Waals surface area contributed by atoms with Gasteiger partial charge in [0.1, 0.15) is 11.3 Å². The molecule has 0 radical (unpaired) electrons. The van der Waals surface area contributed by atoms with Crippen LogP contribution in [0.1, 0.15) is 30.9 Å². The van der Waals surface area contributed by atoms with E-state index in [9.17, 15) is 9.18 Å². The highest BCUT2D eigenvalue weighted by Crippen LogP contribution is 2.32. The monoisotopic (exact) mass is 417 g/mol. The molecule has 31 heavy (non-hydrogen) atoms. The molecule has 3 aromatic rings. The number of benzene rings is 2. The molecule has 2 unspecified atom stereocenters. The predicted molar refractivity (Wildman–Crippen MR) is 116 cm³/mol. The molecule has 1 aliphatic carbocycles. The number of nitrogens with zero attached hydrogens (tertiary/aromatic N) is 3. The summed E-state index contributed by atoms with van der Waals surface area (Å²) in [6, 6.07) is 14.8. The maximum Gasteiger partial charge on any atom is 0.265 e. The third-order valence-electron chi connectivity index (χ3n) is 6.29. The molecule has 1 fully saturated rings. The standard InChI is InChI=1S/C24H24FN5O/c1-29-23(31)19(22(26)30-21-4-2-3-20(21)28-24(29)30)14-27-13-15-5-7-16(8-6-15)17-9-11-18(25)12-10-17/h5-12,14,20-21,26-27H,2-4,13H2,1H3/b19-14+,26-22?. The van der Waals surface area contributed by atoms with Crippen LogP contribution < -0.4 is 27.2 Å². The summed E-state index contributed by atoms with van der Waals surface area (Å²) in [4.78, 5) is 17.5. The molecule has 5 rings (SSSR count). The molecule has 1 aliphatic heterocycles. The Morgan fingerprint density at radius 1 is 1.13 bits per heavy atom. The van der Waals surface area contributed by atoms with E-state index < -0.39 is 0 Å². The number of halogens is 1. The maximum absolute atomic E-state index is 13.1. The number of hydrogen-bond acceptors (Lipinski definition) is 4. The smallest absolute Gasteiger partial charge is 0.265 e. The first-order valence-electron chi connectivity index (χ1n) is 10.6. The predicted octanol–water partition coefficient (Wildman–Crippen LogP) is 1.73. The summed E-state index contributed by atoms with van der Waals surface area (Å²) in [7, 11) is 1.73. The molecule has 2 atom stereocenters. The van der Waals surface area contributed by atoms with Gasteiger partial charge in [0.25, 0.3) is 5.56 Å². The highest BCUT2D eigenvalue weighted by atomic mass is 19.1. The first-order valence-corrected chi connectivity index (χ1v) is 10.6. The molecule has 0 bridgehead atoms. The van der Waals surface area contributed by atoms with Crippen LogP contribution in [-0.4, -0.2) is 15.2 Å². The zero-order valence-corrected chi connectivity index (χ0v) is 17.3. The van der Waals surface area contributed by atoms with Gasteiger partial charge in [-0.15, -0.1) is 0 Å². The van der Waals surface area contributed by atoms with Crippen molar-refractivity contribution in [3.05, 3.63) is 86.6 Å². The van der Waals surface area contributed by atoms with Crippen molar-refractivity contribution in [2.75, 3.05) is 0 Å². The number of rotatable bonds is 4. The van der Waals surface area contributed by atoms with E-state index in [-0.39, 0.29) is 28.9 Å². The number of aromatic nitrogens is 2. The van der Waals surface area contributed by atoms with Gasteiger partial charge in [-0.05, 0) is 48.1 Å². The van der Waals surface area contributed by atoms with Gasteiger partial charge in [-0.3, -0.25) is 19.3 Å². The van der Waals surface area contributed by atoms with Crippen molar-refractivity contribution in [1.82, 2.24) is 14.5 Å². The van der Waals surface area contributed by atoms with Crippen LogP contribution in [0.2, 0.25) is 0 Å². The lowest BCUT2D eigenvalue weighted by Gasteiger charge is -2.13. The number of fused-ring (bicyclic) bond motifs is 3. The Morgan fingerprint density at radius 2 is 1.81 bits per heavy atom. The molecule has 0 amide bonds. The minimum absolute atomic E-state index is 0.192. The Kier molecular flexibility index (Phi) is 4.81. The van der Waals surface area contributed by atoms with Crippen molar-refractivity contribution < 1.29 is 4.39 Å². The molecule has 1 saturated carbocycles. The highest BCUT2D eigenvalue weighted by molar-refractivity contribution is 5.63. The minimum Gasteiger partial charge on any atom is -0.386 e. The van der Waals surface area contributed by atoms with Gasteiger partial charge in [0.05, 0.1) is 17.3 Å². The van der Waals surface area contributed by atoms with Gasteiger partial charge in [0.2, 0.25) is 5.62 Å².